The fourth-order valence-corrected chi connectivity index (χ4v) is 4.05. The number of aromatic nitrogens is 1. The molecule has 2 heterocycles. The van der Waals surface area contributed by atoms with Gasteiger partial charge in [-0.3, -0.25) is 14.6 Å². The highest BCUT2D eigenvalue weighted by Crippen LogP contribution is 2.24. The highest BCUT2D eigenvalue weighted by atomic mass is 32.2. The molecule has 9 nitrogen and oxygen atoms in total. The fourth-order valence-electron chi connectivity index (χ4n) is 3.05. The number of nitrogens with zero attached hydrogens (tertiary/aromatic N) is 1. The molecule has 4 aromatic rings. The van der Waals surface area contributed by atoms with Crippen LogP contribution in [0, 0.1) is 5.82 Å². The Morgan fingerprint density at radius 1 is 0.886 bits per heavy atom. The molecular weight excluding hydrogens is 475 g/mol. The van der Waals surface area contributed by atoms with E-state index in [0.29, 0.717) is 5.76 Å². The Labute approximate surface area is 200 Å². The van der Waals surface area contributed by atoms with E-state index in [4.69, 9.17) is 4.42 Å². The van der Waals surface area contributed by atoms with Crippen LogP contribution in [-0.4, -0.2) is 25.2 Å². The minimum Gasteiger partial charge on any atom is -0.468 e. The molecular formula is C24H19FN4O5S. The van der Waals surface area contributed by atoms with Crippen LogP contribution in [0.5, 0.6) is 0 Å². The first-order chi connectivity index (χ1) is 16.8. The Morgan fingerprint density at radius 2 is 1.66 bits per heavy atom. The molecule has 0 saturated carbocycles. The van der Waals surface area contributed by atoms with Crippen molar-refractivity contribution in [2.45, 2.75) is 11.4 Å². The lowest BCUT2D eigenvalue weighted by Gasteiger charge is -2.13. The summed E-state index contributed by atoms with van der Waals surface area (Å²) in [4.78, 5) is 29.1. The monoisotopic (exact) mass is 494 g/mol. The van der Waals surface area contributed by atoms with E-state index in [-0.39, 0.29) is 34.1 Å². The molecule has 0 aliphatic heterocycles. The van der Waals surface area contributed by atoms with E-state index in [1.54, 1.807) is 24.3 Å². The van der Waals surface area contributed by atoms with Crippen LogP contribution in [0.25, 0.3) is 0 Å². The maximum Gasteiger partial charge on any atom is 0.274 e. The number of halogens is 1. The molecule has 0 aliphatic rings. The lowest BCUT2D eigenvalue weighted by molar-refractivity contribution is 0.101. The number of sulfonamides is 1. The van der Waals surface area contributed by atoms with E-state index in [9.17, 15) is 22.4 Å². The molecule has 3 N–H and O–H groups in total. The molecule has 2 aromatic carbocycles. The van der Waals surface area contributed by atoms with Crippen LogP contribution in [0.2, 0.25) is 0 Å². The van der Waals surface area contributed by atoms with E-state index in [2.05, 4.69) is 20.3 Å². The molecule has 2 amide bonds. The van der Waals surface area contributed by atoms with Crippen molar-refractivity contribution in [3.05, 3.63) is 108 Å². The van der Waals surface area contributed by atoms with Crippen molar-refractivity contribution in [3.8, 4) is 0 Å². The fraction of sp³-hybridized carbons (Fsp3) is 0.0417. The maximum absolute atomic E-state index is 13.9. The quantitative estimate of drug-likeness (QED) is 0.342. The zero-order valence-corrected chi connectivity index (χ0v) is 18.9. The van der Waals surface area contributed by atoms with Gasteiger partial charge in [-0.2, -0.15) is 0 Å². The van der Waals surface area contributed by atoms with Gasteiger partial charge in [-0.05, 0) is 66.7 Å². The second-order valence-corrected chi connectivity index (χ2v) is 9.01. The molecule has 35 heavy (non-hydrogen) atoms. The lowest BCUT2D eigenvalue weighted by atomic mass is 10.2. The molecule has 0 fully saturated rings. The molecule has 0 unspecified atom stereocenters. The molecule has 0 saturated heterocycles. The number of hydrogen-bond donors (Lipinski definition) is 3. The van der Waals surface area contributed by atoms with Gasteiger partial charge in [0.25, 0.3) is 11.8 Å². The largest absolute Gasteiger partial charge is 0.468 e. The number of pyridine rings is 1. The van der Waals surface area contributed by atoms with Crippen LogP contribution in [0.4, 0.5) is 15.8 Å². The number of benzene rings is 2. The van der Waals surface area contributed by atoms with Crippen molar-refractivity contribution in [1.29, 1.82) is 0 Å². The van der Waals surface area contributed by atoms with Crippen molar-refractivity contribution in [3.63, 3.8) is 0 Å². The Balaban J connectivity index is 1.47. The van der Waals surface area contributed by atoms with Crippen LogP contribution in [-0.2, 0) is 16.6 Å². The molecule has 0 atom stereocenters. The zero-order valence-electron chi connectivity index (χ0n) is 18.1. The van der Waals surface area contributed by atoms with Gasteiger partial charge in [0.1, 0.15) is 17.3 Å². The van der Waals surface area contributed by atoms with E-state index < -0.39 is 27.7 Å². The summed E-state index contributed by atoms with van der Waals surface area (Å²) in [5.74, 6) is -1.34. The van der Waals surface area contributed by atoms with Gasteiger partial charge in [0, 0.05) is 11.8 Å². The number of rotatable bonds is 8. The highest BCUT2D eigenvalue weighted by molar-refractivity contribution is 7.89. The number of amides is 2. The predicted octanol–water partition coefficient (Wildman–Crippen LogP) is 3.80. The average molecular weight is 495 g/mol. The molecule has 0 radical (unpaired) electrons. The topological polar surface area (TPSA) is 130 Å². The van der Waals surface area contributed by atoms with Gasteiger partial charge in [0.15, 0.2) is 0 Å². The third-order valence-corrected chi connectivity index (χ3v) is 6.24. The molecule has 178 valence electrons. The summed E-state index contributed by atoms with van der Waals surface area (Å²) >= 11 is 0. The Morgan fingerprint density at radius 3 is 2.34 bits per heavy atom. The molecule has 0 spiro atoms. The number of carbonyl (C=O) groups excluding carboxylic acids is 2. The summed E-state index contributed by atoms with van der Waals surface area (Å²) in [6.07, 6.45) is 2.89. The van der Waals surface area contributed by atoms with Crippen molar-refractivity contribution in [2.75, 3.05) is 10.6 Å². The number of hydrogen-bond acceptors (Lipinski definition) is 6. The van der Waals surface area contributed by atoms with Gasteiger partial charge in [0.2, 0.25) is 10.0 Å². The maximum atomic E-state index is 13.9. The van der Waals surface area contributed by atoms with E-state index >= 15 is 0 Å². The van der Waals surface area contributed by atoms with E-state index in [0.717, 1.165) is 12.1 Å². The number of anilines is 2. The highest BCUT2D eigenvalue weighted by Gasteiger charge is 2.17. The number of carbonyl (C=O) groups is 2. The minimum absolute atomic E-state index is 0.0237. The summed E-state index contributed by atoms with van der Waals surface area (Å²) in [6.45, 7) is -0.0237. The second-order valence-electron chi connectivity index (χ2n) is 7.24. The summed E-state index contributed by atoms with van der Waals surface area (Å²) in [5.41, 5.74) is 0.459. The van der Waals surface area contributed by atoms with Gasteiger partial charge in [0.05, 0.1) is 29.1 Å². The second kappa shape index (κ2) is 10.3. The van der Waals surface area contributed by atoms with E-state index in [1.165, 1.54) is 48.9 Å². The van der Waals surface area contributed by atoms with Crippen molar-refractivity contribution < 1.29 is 26.8 Å². The van der Waals surface area contributed by atoms with Gasteiger partial charge in [-0.15, -0.1) is 0 Å². The smallest absolute Gasteiger partial charge is 0.274 e. The zero-order chi connectivity index (χ0) is 24.8. The standard InChI is InChI=1S/C24H19FN4O5S/c25-17-8-11-20(28-24(31)21-5-1-2-12-26-21)22(14-17)29-23(30)16-6-9-19(10-7-16)35(32,33)27-15-18-4-3-13-34-18/h1-14,27H,15H2,(H,28,31)(H,29,30). The Bertz CT molecular complexity index is 1440. The third-order valence-electron chi connectivity index (χ3n) is 4.82. The summed E-state index contributed by atoms with van der Waals surface area (Å²) in [6, 6.07) is 16.8. The summed E-state index contributed by atoms with van der Waals surface area (Å²) in [7, 11) is -3.83. The Hall–Kier alpha value is -4.35. The summed E-state index contributed by atoms with van der Waals surface area (Å²) < 4.78 is 46.3. The average Bonchev–Trinajstić information content (AvgIpc) is 3.39. The van der Waals surface area contributed by atoms with Crippen LogP contribution >= 0.6 is 0 Å². The van der Waals surface area contributed by atoms with Crippen LogP contribution in [0.1, 0.15) is 26.6 Å². The first-order valence-electron chi connectivity index (χ1n) is 10.3. The lowest BCUT2D eigenvalue weighted by Crippen LogP contribution is -2.23. The Kier molecular flexibility index (Phi) is 6.99. The summed E-state index contributed by atoms with van der Waals surface area (Å²) in [5, 5.41) is 5.12. The first-order valence-corrected chi connectivity index (χ1v) is 11.8. The number of nitrogens with one attached hydrogen (secondary N) is 3. The van der Waals surface area contributed by atoms with Gasteiger partial charge in [-0.25, -0.2) is 17.5 Å². The minimum atomic E-state index is -3.83. The van der Waals surface area contributed by atoms with Gasteiger partial charge < -0.3 is 15.1 Å². The normalized spacial score (nSPS) is 11.1. The first kappa shape index (κ1) is 23.8. The molecule has 11 heteroatoms. The van der Waals surface area contributed by atoms with Crippen molar-refractivity contribution in [2.24, 2.45) is 0 Å². The number of furan rings is 1. The van der Waals surface area contributed by atoms with Crippen LogP contribution < -0.4 is 15.4 Å². The van der Waals surface area contributed by atoms with Gasteiger partial charge in [-0.1, -0.05) is 6.07 Å². The van der Waals surface area contributed by atoms with Crippen molar-refractivity contribution in [1.82, 2.24) is 9.71 Å². The van der Waals surface area contributed by atoms with Crippen molar-refractivity contribution >= 4 is 33.2 Å². The molecule has 2 aromatic heterocycles. The van der Waals surface area contributed by atoms with Crippen LogP contribution in [0.3, 0.4) is 0 Å². The molecule has 0 aliphatic carbocycles. The van der Waals surface area contributed by atoms with Crippen LogP contribution in [0.15, 0.2) is 94.6 Å². The SMILES string of the molecule is O=C(Nc1cc(F)ccc1NC(=O)c1ccccn1)c1ccc(S(=O)(=O)NCc2ccco2)cc1. The molecule has 0 bridgehead atoms. The predicted molar refractivity (Wildman–Crippen MR) is 126 cm³/mol. The molecule has 4 rings (SSSR count). The third kappa shape index (κ3) is 5.96. The van der Waals surface area contributed by atoms with E-state index in [1.807, 2.05) is 0 Å². The van der Waals surface area contributed by atoms with Gasteiger partial charge >= 0.3 is 0 Å².